The van der Waals surface area contributed by atoms with Crippen molar-refractivity contribution in [2.45, 2.75) is 39.0 Å². The van der Waals surface area contributed by atoms with Crippen LogP contribution < -0.4 is 0 Å². The molecule has 2 rings (SSSR count). The summed E-state index contributed by atoms with van der Waals surface area (Å²) in [6, 6.07) is 4.04. The van der Waals surface area contributed by atoms with Crippen LogP contribution >= 0.6 is 0 Å². The van der Waals surface area contributed by atoms with E-state index in [0.29, 0.717) is 0 Å². The molecule has 90 valence electrons. The third-order valence-electron chi connectivity index (χ3n) is 2.99. The molecule has 2 heterocycles. The van der Waals surface area contributed by atoms with Gasteiger partial charge in [0.05, 0.1) is 0 Å². The fourth-order valence-corrected chi connectivity index (χ4v) is 1.96. The van der Waals surface area contributed by atoms with Gasteiger partial charge in [0.1, 0.15) is 6.33 Å². The fourth-order valence-electron chi connectivity index (χ4n) is 1.96. The van der Waals surface area contributed by atoms with Crippen LogP contribution in [0.1, 0.15) is 39.2 Å². The summed E-state index contributed by atoms with van der Waals surface area (Å²) in [6.45, 7) is 6.68. The van der Waals surface area contributed by atoms with Crippen LogP contribution in [0, 0.1) is 0 Å². The van der Waals surface area contributed by atoms with E-state index in [9.17, 15) is 0 Å². The Bertz CT molecular complexity index is 458. The first-order valence-electron chi connectivity index (χ1n) is 5.83. The van der Waals surface area contributed by atoms with Crippen molar-refractivity contribution >= 4 is 0 Å². The zero-order chi connectivity index (χ0) is 12.3. The SMILES string of the molecule is CCCC(C)(C)c1ccc(-n2cnnn2)nc1. The maximum absolute atomic E-state index is 4.39. The summed E-state index contributed by atoms with van der Waals surface area (Å²) in [5.41, 5.74) is 1.41. The van der Waals surface area contributed by atoms with Gasteiger partial charge in [0.2, 0.25) is 0 Å². The van der Waals surface area contributed by atoms with E-state index in [1.807, 2.05) is 12.3 Å². The van der Waals surface area contributed by atoms with Crippen LogP contribution in [-0.2, 0) is 5.41 Å². The van der Waals surface area contributed by atoms with E-state index in [-0.39, 0.29) is 5.41 Å². The van der Waals surface area contributed by atoms with E-state index in [1.165, 1.54) is 12.0 Å². The molecule has 0 saturated heterocycles. The minimum Gasteiger partial charge on any atom is -0.237 e. The number of aromatic nitrogens is 5. The largest absolute Gasteiger partial charge is 0.237 e. The molecule has 0 aliphatic rings. The fraction of sp³-hybridized carbons (Fsp3) is 0.500. The lowest BCUT2D eigenvalue weighted by Crippen LogP contribution is -2.17. The first kappa shape index (κ1) is 11.7. The van der Waals surface area contributed by atoms with E-state index < -0.39 is 0 Å². The lowest BCUT2D eigenvalue weighted by molar-refractivity contribution is 0.471. The Kier molecular flexibility index (Phi) is 3.17. The topological polar surface area (TPSA) is 56.5 Å². The van der Waals surface area contributed by atoms with E-state index in [4.69, 9.17) is 0 Å². The predicted octanol–water partition coefficient (Wildman–Crippen LogP) is 2.13. The molecule has 0 amide bonds. The Hall–Kier alpha value is -1.78. The lowest BCUT2D eigenvalue weighted by Gasteiger charge is -2.24. The number of hydrogen-bond donors (Lipinski definition) is 0. The zero-order valence-electron chi connectivity index (χ0n) is 10.5. The summed E-state index contributed by atoms with van der Waals surface area (Å²) in [6.07, 6.45) is 5.77. The van der Waals surface area contributed by atoms with Crippen molar-refractivity contribution in [3.8, 4) is 5.82 Å². The Morgan fingerprint density at radius 3 is 2.65 bits per heavy atom. The van der Waals surface area contributed by atoms with Gasteiger partial charge in [-0.15, -0.1) is 5.10 Å². The van der Waals surface area contributed by atoms with Crippen molar-refractivity contribution in [1.82, 2.24) is 25.2 Å². The van der Waals surface area contributed by atoms with E-state index in [2.05, 4.69) is 47.3 Å². The first-order chi connectivity index (χ1) is 8.13. The van der Waals surface area contributed by atoms with E-state index in [0.717, 1.165) is 12.2 Å². The molecule has 2 aromatic heterocycles. The predicted molar refractivity (Wildman–Crippen MR) is 64.9 cm³/mol. The third-order valence-corrected chi connectivity index (χ3v) is 2.99. The average Bonchev–Trinajstić information content (AvgIpc) is 2.82. The minimum absolute atomic E-state index is 0.168. The van der Waals surface area contributed by atoms with Crippen molar-refractivity contribution in [2.24, 2.45) is 0 Å². The van der Waals surface area contributed by atoms with Crippen LogP contribution in [0.4, 0.5) is 0 Å². The average molecular weight is 231 g/mol. The summed E-state index contributed by atoms with van der Waals surface area (Å²) in [7, 11) is 0. The third kappa shape index (κ3) is 2.49. The van der Waals surface area contributed by atoms with Crippen LogP contribution in [-0.4, -0.2) is 25.2 Å². The Balaban J connectivity index is 2.24. The molecule has 5 nitrogen and oxygen atoms in total. The van der Waals surface area contributed by atoms with Gasteiger partial charge in [-0.2, -0.15) is 4.68 Å². The van der Waals surface area contributed by atoms with Gasteiger partial charge in [0.15, 0.2) is 5.82 Å². The molecule has 0 bridgehead atoms. The number of hydrogen-bond acceptors (Lipinski definition) is 4. The van der Waals surface area contributed by atoms with Crippen LogP contribution in [0.15, 0.2) is 24.7 Å². The molecule has 0 N–H and O–H groups in total. The van der Waals surface area contributed by atoms with Gasteiger partial charge in [-0.3, -0.25) is 0 Å². The van der Waals surface area contributed by atoms with Gasteiger partial charge in [-0.05, 0) is 33.9 Å². The summed E-state index contributed by atoms with van der Waals surface area (Å²) >= 11 is 0. The summed E-state index contributed by atoms with van der Waals surface area (Å²) in [4.78, 5) is 4.39. The van der Waals surface area contributed by atoms with Crippen molar-refractivity contribution in [3.63, 3.8) is 0 Å². The molecular weight excluding hydrogens is 214 g/mol. The Labute approximate surface area is 101 Å². The number of rotatable bonds is 4. The monoisotopic (exact) mass is 231 g/mol. The quantitative estimate of drug-likeness (QED) is 0.809. The standard InChI is InChI=1S/C12H17N5/c1-4-7-12(2,3)10-5-6-11(13-8-10)17-9-14-15-16-17/h5-6,8-9H,4,7H2,1-3H3. The van der Waals surface area contributed by atoms with Gasteiger partial charge in [-0.25, -0.2) is 4.98 Å². The molecule has 0 saturated carbocycles. The van der Waals surface area contributed by atoms with Crippen molar-refractivity contribution in [1.29, 1.82) is 0 Å². The molecule has 0 aliphatic carbocycles. The number of nitrogens with zero attached hydrogens (tertiary/aromatic N) is 5. The molecule has 0 aliphatic heterocycles. The van der Waals surface area contributed by atoms with Crippen molar-refractivity contribution in [2.75, 3.05) is 0 Å². The normalized spacial score (nSPS) is 11.7. The van der Waals surface area contributed by atoms with Crippen LogP contribution in [0.25, 0.3) is 5.82 Å². The number of tetrazole rings is 1. The maximum atomic E-state index is 4.39. The molecule has 0 atom stereocenters. The Morgan fingerprint density at radius 1 is 1.29 bits per heavy atom. The highest BCUT2D eigenvalue weighted by atomic mass is 15.5. The molecule has 0 spiro atoms. The first-order valence-corrected chi connectivity index (χ1v) is 5.83. The molecule has 17 heavy (non-hydrogen) atoms. The molecule has 0 unspecified atom stereocenters. The minimum atomic E-state index is 0.168. The molecule has 0 aromatic carbocycles. The molecule has 5 heteroatoms. The lowest BCUT2D eigenvalue weighted by atomic mass is 9.82. The second-order valence-corrected chi connectivity index (χ2v) is 4.79. The van der Waals surface area contributed by atoms with Crippen LogP contribution in [0.2, 0.25) is 0 Å². The highest BCUT2D eigenvalue weighted by molar-refractivity contribution is 5.27. The van der Waals surface area contributed by atoms with Crippen molar-refractivity contribution < 1.29 is 0 Å². The molecule has 0 fully saturated rings. The van der Waals surface area contributed by atoms with Crippen LogP contribution in [0.5, 0.6) is 0 Å². The van der Waals surface area contributed by atoms with Crippen molar-refractivity contribution in [3.05, 3.63) is 30.2 Å². The Morgan fingerprint density at radius 2 is 2.12 bits per heavy atom. The van der Waals surface area contributed by atoms with Gasteiger partial charge in [0.25, 0.3) is 0 Å². The maximum Gasteiger partial charge on any atom is 0.156 e. The second kappa shape index (κ2) is 4.61. The highest BCUT2D eigenvalue weighted by Crippen LogP contribution is 2.27. The molecular formula is C12H17N5. The smallest absolute Gasteiger partial charge is 0.156 e. The number of pyridine rings is 1. The van der Waals surface area contributed by atoms with Crippen LogP contribution in [0.3, 0.4) is 0 Å². The van der Waals surface area contributed by atoms with Gasteiger partial charge in [0, 0.05) is 6.20 Å². The summed E-state index contributed by atoms with van der Waals surface area (Å²) in [5, 5.41) is 11.0. The summed E-state index contributed by atoms with van der Waals surface area (Å²) in [5.74, 6) is 0.742. The van der Waals surface area contributed by atoms with Gasteiger partial charge >= 0.3 is 0 Å². The van der Waals surface area contributed by atoms with E-state index >= 15 is 0 Å². The van der Waals surface area contributed by atoms with Gasteiger partial charge in [-0.1, -0.05) is 33.3 Å². The summed E-state index contributed by atoms with van der Waals surface area (Å²) < 4.78 is 1.55. The highest BCUT2D eigenvalue weighted by Gasteiger charge is 2.19. The zero-order valence-corrected chi connectivity index (χ0v) is 10.5. The van der Waals surface area contributed by atoms with E-state index in [1.54, 1.807) is 11.0 Å². The van der Waals surface area contributed by atoms with Gasteiger partial charge < -0.3 is 0 Å². The molecule has 0 radical (unpaired) electrons. The molecule has 2 aromatic rings. The second-order valence-electron chi connectivity index (χ2n) is 4.79.